The molecule has 11 heteroatoms. The standard InChI is InChI=1S/C23H29N3O7S/c1-13-6-7-18(12-19(13)34(30,31)26-8-10-32-11-9-26)25-22(28)17(5)33-23(29)21-14(2)20(16(4)27)15(3)24-21/h6-7,12,17,24H,8-11H2,1-5H3,(H,25,28)/t17-/m0/s1. The molecule has 184 valence electrons. The van der Waals surface area contributed by atoms with E-state index in [2.05, 4.69) is 10.3 Å². The molecule has 0 unspecified atom stereocenters. The maximum atomic E-state index is 13.1. The van der Waals surface area contributed by atoms with Crippen LogP contribution in [0.4, 0.5) is 5.69 Å². The van der Waals surface area contributed by atoms with Gasteiger partial charge in [0.2, 0.25) is 10.0 Å². The number of anilines is 1. The molecule has 0 spiro atoms. The van der Waals surface area contributed by atoms with Gasteiger partial charge in [0.15, 0.2) is 11.9 Å². The fourth-order valence-corrected chi connectivity index (χ4v) is 5.54. The first kappa shape index (κ1) is 25.6. The van der Waals surface area contributed by atoms with E-state index >= 15 is 0 Å². The second-order valence-electron chi connectivity index (χ2n) is 8.21. The van der Waals surface area contributed by atoms with Crippen LogP contribution >= 0.6 is 0 Å². The van der Waals surface area contributed by atoms with Gasteiger partial charge in [0.05, 0.1) is 18.1 Å². The highest BCUT2D eigenvalue weighted by Gasteiger charge is 2.29. The number of morpholine rings is 1. The first-order chi connectivity index (χ1) is 15.9. The molecule has 1 aromatic heterocycles. The van der Waals surface area contributed by atoms with Gasteiger partial charge in [0.1, 0.15) is 5.69 Å². The lowest BCUT2D eigenvalue weighted by atomic mass is 10.1. The highest BCUT2D eigenvalue weighted by Crippen LogP contribution is 2.25. The third-order valence-electron chi connectivity index (χ3n) is 5.69. The Morgan fingerprint density at radius 2 is 1.79 bits per heavy atom. The molecule has 1 aliphatic heterocycles. The smallest absolute Gasteiger partial charge is 0.355 e. The zero-order chi connectivity index (χ0) is 25.2. The van der Waals surface area contributed by atoms with Gasteiger partial charge in [0, 0.05) is 30.0 Å². The van der Waals surface area contributed by atoms with Gasteiger partial charge in [-0.15, -0.1) is 0 Å². The lowest BCUT2D eigenvalue weighted by Crippen LogP contribution is -2.40. The monoisotopic (exact) mass is 491 g/mol. The molecule has 34 heavy (non-hydrogen) atoms. The van der Waals surface area contributed by atoms with Crippen LogP contribution < -0.4 is 5.32 Å². The Balaban J connectivity index is 1.73. The molecule has 0 radical (unpaired) electrons. The van der Waals surface area contributed by atoms with E-state index in [9.17, 15) is 22.8 Å². The van der Waals surface area contributed by atoms with Gasteiger partial charge >= 0.3 is 5.97 Å². The van der Waals surface area contributed by atoms with E-state index in [1.54, 1.807) is 32.9 Å². The number of aryl methyl sites for hydroxylation is 2. The van der Waals surface area contributed by atoms with E-state index in [1.807, 2.05) is 0 Å². The number of carbonyl (C=O) groups excluding carboxylic acids is 3. The number of Topliss-reactive ketones (excluding diaryl/α,β-unsaturated/α-hetero) is 1. The largest absolute Gasteiger partial charge is 0.448 e. The summed E-state index contributed by atoms with van der Waals surface area (Å²) in [6.07, 6.45) is -1.17. The van der Waals surface area contributed by atoms with Gasteiger partial charge in [-0.25, -0.2) is 13.2 Å². The number of sulfonamides is 1. The SMILES string of the molecule is CC(=O)c1c(C)[nH]c(C(=O)O[C@@H](C)C(=O)Nc2ccc(C)c(S(=O)(=O)N3CCOCC3)c2)c1C. The molecule has 1 aliphatic rings. The summed E-state index contributed by atoms with van der Waals surface area (Å²) in [5.41, 5.74) is 2.33. The first-order valence-corrected chi connectivity index (χ1v) is 12.3. The Bertz CT molecular complexity index is 1230. The van der Waals surface area contributed by atoms with Crippen molar-refractivity contribution in [3.05, 3.63) is 46.3 Å². The highest BCUT2D eigenvalue weighted by atomic mass is 32.2. The summed E-state index contributed by atoms with van der Waals surface area (Å²) >= 11 is 0. The topological polar surface area (TPSA) is 135 Å². The lowest BCUT2D eigenvalue weighted by Gasteiger charge is -2.27. The Morgan fingerprint density at radius 3 is 2.38 bits per heavy atom. The van der Waals surface area contributed by atoms with Gasteiger partial charge in [-0.05, 0) is 57.9 Å². The number of ether oxygens (including phenoxy) is 2. The zero-order valence-corrected chi connectivity index (χ0v) is 20.7. The Hall–Kier alpha value is -3.02. The Kier molecular flexibility index (Phi) is 7.59. The number of carbonyl (C=O) groups is 3. The van der Waals surface area contributed by atoms with Crippen molar-refractivity contribution in [2.24, 2.45) is 0 Å². The van der Waals surface area contributed by atoms with Crippen LogP contribution in [-0.2, 0) is 24.3 Å². The number of esters is 1. The van der Waals surface area contributed by atoms with E-state index in [1.165, 1.54) is 24.2 Å². The van der Waals surface area contributed by atoms with Crippen molar-refractivity contribution >= 4 is 33.4 Å². The third kappa shape index (κ3) is 5.21. The van der Waals surface area contributed by atoms with Gasteiger partial charge in [-0.2, -0.15) is 4.31 Å². The van der Waals surface area contributed by atoms with Gasteiger partial charge in [-0.1, -0.05) is 6.07 Å². The minimum Gasteiger partial charge on any atom is -0.448 e. The van der Waals surface area contributed by atoms with Gasteiger partial charge in [-0.3, -0.25) is 9.59 Å². The summed E-state index contributed by atoms with van der Waals surface area (Å²) in [6, 6.07) is 4.58. The average molecular weight is 492 g/mol. The third-order valence-corrected chi connectivity index (χ3v) is 7.73. The Morgan fingerprint density at radius 1 is 1.15 bits per heavy atom. The number of rotatable bonds is 7. The zero-order valence-electron chi connectivity index (χ0n) is 19.9. The molecule has 10 nitrogen and oxygen atoms in total. The second kappa shape index (κ2) is 10.1. The molecule has 0 bridgehead atoms. The molecule has 2 aromatic rings. The number of aromatic nitrogens is 1. The summed E-state index contributed by atoms with van der Waals surface area (Å²) in [4.78, 5) is 40.0. The number of amides is 1. The number of benzene rings is 1. The molecule has 1 fully saturated rings. The van der Waals surface area contributed by atoms with Gasteiger partial charge in [0.25, 0.3) is 5.91 Å². The predicted molar refractivity (Wildman–Crippen MR) is 125 cm³/mol. The van der Waals surface area contributed by atoms with Crippen molar-refractivity contribution in [3.8, 4) is 0 Å². The van der Waals surface area contributed by atoms with Crippen LogP contribution in [0.1, 0.15) is 51.5 Å². The minimum absolute atomic E-state index is 0.0890. The molecule has 2 N–H and O–H groups in total. The maximum absolute atomic E-state index is 13.1. The molecule has 3 rings (SSSR count). The molecule has 0 aliphatic carbocycles. The Labute approximate surface area is 198 Å². The van der Waals surface area contributed by atoms with Crippen LogP contribution in [0.25, 0.3) is 0 Å². The van der Waals surface area contributed by atoms with Crippen LogP contribution in [0, 0.1) is 20.8 Å². The van der Waals surface area contributed by atoms with E-state index < -0.39 is 28.0 Å². The summed E-state index contributed by atoms with van der Waals surface area (Å²) < 4.78 is 38.0. The van der Waals surface area contributed by atoms with Crippen molar-refractivity contribution in [1.29, 1.82) is 0 Å². The van der Waals surface area contributed by atoms with E-state index in [0.29, 0.717) is 35.6 Å². The van der Waals surface area contributed by atoms with Crippen LogP contribution in [0.2, 0.25) is 0 Å². The summed E-state index contributed by atoms with van der Waals surface area (Å²) in [5, 5.41) is 2.60. The number of hydrogen-bond acceptors (Lipinski definition) is 7. The first-order valence-electron chi connectivity index (χ1n) is 10.8. The molecule has 2 heterocycles. The number of nitrogens with one attached hydrogen (secondary N) is 2. The summed E-state index contributed by atoms with van der Waals surface area (Å²) in [6.45, 7) is 8.97. The maximum Gasteiger partial charge on any atom is 0.355 e. The predicted octanol–water partition coefficient (Wildman–Crippen LogP) is 2.35. The molecule has 1 aromatic carbocycles. The van der Waals surface area contributed by atoms with Crippen molar-refractivity contribution in [1.82, 2.24) is 9.29 Å². The molecule has 0 saturated carbocycles. The molecule has 1 atom stereocenters. The van der Waals surface area contributed by atoms with Crippen LogP contribution in [0.15, 0.2) is 23.1 Å². The number of ketones is 1. The number of H-pyrrole nitrogens is 1. The highest BCUT2D eigenvalue weighted by molar-refractivity contribution is 7.89. The van der Waals surface area contributed by atoms with Crippen molar-refractivity contribution in [2.75, 3.05) is 31.6 Å². The van der Waals surface area contributed by atoms with Crippen LogP contribution in [0.3, 0.4) is 0 Å². The fourth-order valence-electron chi connectivity index (χ4n) is 3.88. The molecule has 1 amide bonds. The number of nitrogens with zero attached hydrogens (tertiary/aromatic N) is 1. The van der Waals surface area contributed by atoms with Crippen LogP contribution in [-0.4, -0.2) is 67.8 Å². The number of hydrogen-bond donors (Lipinski definition) is 2. The summed E-state index contributed by atoms with van der Waals surface area (Å²) in [7, 11) is -3.75. The van der Waals surface area contributed by atoms with Crippen molar-refractivity contribution < 1.29 is 32.3 Å². The van der Waals surface area contributed by atoms with Gasteiger partial charge < -0.3 is 19.8 Å². The van der Waals surface area contributed by atoms with E-state index in [0.717, 1.165) is 0 Å². The number of aromatic amines is 1. The molecular formula is C23H29N3O7S. The lowest BCUT2D eigenvalue weighted by molar-refractivity contribution is -0.123. The van der Waals surface area contributed by atoms with Crippen molar-refractivity contribution in [2.45, 2.75) is 45.6 Å². The van der Waals surface area contributed by atoms with Crippen LogP contribution in [0.5, 0.6) is 0 Å². The molecular weight excluding hydrogens is 462 g/mol. The molecule has 1 saturated heterocycles. The summed E-state index contributed by atoms with van der Waals surface area (Å²) in [5.74, 6) is -1.58. The minimum atomic E-state index is -3.75. The average Bonchev–Trinajstić information content (AvgIpc) is 3.09. The second-order valence-corrected chi connectivity index (χ2v) is 10.1. The van der Waals surface area contributed by atoms with E-state index in [4.69, 9.17) is 9.47 Å². The fraction of sp³-hybridized carbons (Fsp3) is 0.435. The quantitative estimate of drug-likeness (QED) is 0.448. The van der Waals surface area contributed by atoms with E-state index in [-0.39, 0.29) is 35.1 Å². The van der Waals surface area contributed by atoms with Crippen molar-refractivity contribution in [3.63, 3.8) is 0 Å². The normalized spacial score (nSPS) is 15.6.